The zero-order valence-electron chi connectivity index (χ0n) is 11.0. The van der Waals surface area contributed by atoms with Gasteiger partial charge >= 0.3 is 0 Å². The van der Waals surface area contributed by atoms with Crippen molar-refractivity contribution in [3.63, 3.8) is 0 Å². The summed E-state index contributed by atoms with van der Waals surface area (Å²) in [6.45, 7) is 4.11. The number of likely N-dealkylation sites (tertiary alicyclic amines) is 1. The highest BCUT2D eigenvalue weighted by molar-refractivity contribution is 9.13. The van der Waals surface area contributed by atoms with Gasteiger partial charge in [0.2, 0.25) is 5.91 Å². The van der Waals surface area contributed by atoms with Gasteiger partial charge in [-0.2, -0.15) is 0 Å². The summed E-state index contributed by atoms with van der Waals surface area (Å²) in [6.07, 6.45) is 2.39. The highest BCUT2D eigenvalue weighted by atomic mass is 79.9. The Kier molecular flexibility index (Phi) is 5.09. The molecule has 1 saturated heterocycles. The van der Waals surface area contributed by atoms with Gasteiger partial charge in [-0.05, 0) is 64.6 Å². The summed E-state index contributed by atoms with van der Waals surface area (Å²) in [5.74, 6) is 0.216. The van der Waals surface area contributed by atoms with Gasteiger partial charge in [0.15, 0.2) is 0 Å². The van der Waals surface area contributed by atoms with Gasteiger partial charge in [-0.3, -0.25) is 4.79 Å². The van der Waals surface area contributed by atoms with E-state index in [1.165, 1.54) is 0 Å². The molecule has 1 aromatic heterocycles. The normalized spacial score (nSPS) is 24.9. The smallest absolute Gasteiger partial charge is 0.223 e. The third-order valence-corrected chi connectivity index (χ3v) is 6.76. The second-order valence-electron chi connectivity index (χ2n) is 5.17. The molecule has 2 N–H and O–H groups in total. The van der Waals surface area contributed by atoms with Crippen LogP contribution in [0, 0.1) is 0 Å². The van der Waals surface area contributed by atoms with Gasteiger partial charge in [-0.15, -0.1) is 11.3 Å². The van der Waals surface area contributed by atoms with Crippen molar-refractivity contribution in [1.29, 1.82) is 0 Å². The van der Waals surface area contributed by atoms with E-state index in [-0.39, 0.29) is 24.0 Å². The average molecular weight is 410 g/mol. The minimum absolute atomic E-state index is 0.00583. The first-order valence-electron chi connectivity index (χ1n) is 6.43. The zero-order chi connectivity index (χ0) is 14.2. The highest BCUT2D eigenvalue weighted by Gasteiger charge is 2.35. The Bertz CT molecular complexity index is 456. The molecule has 2 rings (SSSR count). The summed E-state index contributed by atoms with van der Waals surface area (Å²) in [7, 11) is 0. The minimum Gasteiger partial charge on any atom is -0.331 e. The van der Waals surface area contributed by atoms with Crippen molar-refractivity contribution in [1.82, 2.24) is 4.90 Å². The second-order valence-corrected chi connectivity index (χ2v) is 8.42. The fraction of sp³-hybridized carbons (Fsp3) is 0.615. The summed E-state index contributed by atoms with van der Waals surface area (Å²) in [6, 6.07) is 2.24. The van der Waals surface area contributed by atoms with Crippen LogP contribution >= 0.6 is 43.2 Å². The minimum atomic E-state index is -0.0115. The van der Waals surface area contributed by atoms with Crippen molar-refractivity contribution < 1.29 is 4.79 Å². The molecule has 1 fully saturated rings. The number of rotatable bonds is 2. The van der Waals surface area contributed by atoms with E-state index in [0.717, 1.165) is 26.0 Å². The molecule has 0 radical (unpaired) electrons. The molecule has 0 aromatic carbocycles. The number of nitrogens with zero attached hydrogens (tertiary/aromatic N) is 1. The molecule has 0 saturated carbocycles. The number of carbonyl (C=O) groups is 1. The van der Waals surface area contributed by atoms with E-state index in [4.69, 9.17) is 5.73 Å². The van der Waals surface area contributed by atoms with Crippen LogP contribution in [-0.4, -0.2) is 22.9 Å². The summed E-state index contributed by atoms with van der Waals surface area (Å²) in [5, 5.41) is 0. The van der Waals surface area contributed by atoms with E-state index in [0.29, 0.717) is 6.42 Å². The van der Waals surface area contributed by atoms with Crippen LogP contribution in [0.5, 0.6) is 0 Å². The van der Waals surface area contributed by atoms with E-state index in [2.05, 4.69) is 51.8 Å². The first kappa shape index (κ1) is 15.5. The molecule has 1 aliphatic rings. The Morgan fingerprint density at radius 1 is 1.47 bits per heavy atom. The molecule has 2 heterocycles. The van der Waals surface area contributed by atoms with Crippen LogP contribution < -0.4 is 5.73 Å². The third kappa shape index (κ3) is 3.23. The van der Waals surface area contributed by atoms with Crippen LogP contribution in [0.3, 0.4) is 0 Å². The van der Waals surface area contributed by atoms with Crippen LogP contribution in [-0.2, 0) is 4.79 Å². The molecule has 1 amide bonds. The number of nitrogens with two attached hydrogens (primary N) is 1. The molecule has 2 atom stereocenters. The highest BCUT2D eigenvalue weighted by Crippen LogP contribution is 2.40. The summed E-state index contributed by atoms with van der Waals surface area (Å²) >= 11 is 8.69. The molecular formula is C13H18Br2N2OS. The quantitative estimate of drug-likeness (QED) is 0.800. The predicted molar refractivity (Wildman–Crippen MR) is 86.3 cm³/mol. The number of thiophene rings is 1. The van der Waals surface area contributed by atoms with Gasteiger partial charge in [0.1, 0.15) is 0 Å². The van der Waals surface area contributed by atoms with Crippen molar-refractivity contribution in [2.75, 3.05) is 0 Å². The monoisotopic (exact) mass is 408 g/mol. The Balaban J connectivity index is 2.43. The van der Waals surface area contributed by atoms with Crippen LogP contribution in [0.4, 0.5) is 0 Å². The first-order chi connectivity index (χ1) is 8.91. The predicted octanol–water partition coefficient (Wildman–Crippen LogP) is 4.06. The number of halogens is 2. The second kappa shape index (κ2) is 6.24. The summed E-state index contributed by atoms with van der Waals surface area (Å²) in [5.41, 5.74) is 6.34. The Morgan fingerprint density at radius 2 is 2.16 bits per heavy atom. The SMILES string of the molecule is CC(C)N1C(=O)CCCC(N)C1c1cc(Br)c(Br)s1. The van der Waals surface area contributed by atoms with E-state index in [1.807, 2.05) is 4.90 Å². The van der Waals surface area contributed by atoms with Crippen molar-refractivity contribution >= 4 is 49.1 Å². The van der Waals surface area contributed by atoms with Crippen molar-refractivity contribution in [2.45, 2.75) is 51.2 Å². The number of hydrogen-bond acceptors (Lipinski definition) is 3. The molecule has 0 bridgehead atoms. The van der Waals surface area contributed by atoms with Gasteiger partial charge < -0.3 is 10.6 Å². The van der Waals surface area contributed by atoms with E-state index >= 15 is 0 Å². The molecule has 1 aromatic rings. The standard InChI is InChI=1S/C13H18Br2N2OS/c1-7(2)17-11(18)5-3-4-9(16)12(17)10-6-8(14)13(15)19-10/h6-7,9,12H,3-5,16H2,1-2H3. The number of hydrogen-bond donors (Lipinski definition) is 1. The zero-order valence-corrected chi connectivity index (χ0v) is 15.0. The first-order valence-corrected chi connectivity index (χ1v) is 8.83. The molecule has 2 unspecified atom stereocenters. The molecule has 0 spiro atoms. The van der Waals surface area contributed by atoms with Gasteiger partial charge in [-0.25, -0.2) is 0 Å². The maximum atomic E-state index is 12.3. The van der Waals surface area contributed by atoms with Gasteiger partial charge in [-0.1, -0.05) is 0 Å². The summed E-state index contributed by atoms with van der Waals surface area (Å²) in [4.78, 5) is 15.4. The Morgan fingerprint density at radius 3 is 2.68 bits per heavy atom. The maximum Gasteiger partial charge on any atom is 0.223 e. The van der Waals surface area contributed by atoms with Crippen LogP contribution in [0.15, 0.2) is 14.3 Å². The molecule has 1 aliphatic heterocycles. The van der Waals surface area contributed by atoms with E-state index in [1.54, 1.807) is 11.3 Å². The molecular weight excluding hydrogens is 392 g/mol. The Hall–Kier alpha value is 0.0900. The summed E-state index contributed by atoms with van der Waals surface area (Å²) < 4.78 is 2.08. The number of amides is 1. The van der Waals surface area contributed by atoms with Crippen LogP contribution in [0.2, 0.25) is 0 Å². The molecule has 106 valence electrons. The fourth-order valence-corrected chi connectivity index (χ4v) is 4.87. The molecule has 0 aliphatic carbocycles. The van der Waals surface area contributed by atoms with Crippen LogP contribution in [0.25, 0.3) is 0 Å². The van der Waals surface area contributed by atoms with Crippen molar-refractivity contribution in [2.24, 2.45) is 5.73 Å². The number of carbonyl (C=O) groups excluding carboxylic acids is 1. The largest absolute Gasteiger partial charge is 0.331 e. The van der Waals surface area contributed by atoms with Gasteiger partial charge in [0, 0.05) is 27.9 Å². The topological polar surface area (TPSA) is 46.3 Å². The third-order valence-electron chi connectivity index (χ3n) is 3.43. The van der Waals surface area contributed by atoms with Gasteiger partial charge in [0.05, 0.1) is 9.83 Å². The lowest BCUT2D eigenvalue weighted by Crippen LogP contribution is -2.45. The fourth-order valence-electron chi connectivity index (χ4n) is 2.60. The lowest BCUT2D eigenvalue weighted by molar-refractivity contribution is -0.135. The van der Waals surface area contributed by atoms with Gasteiger partial charge in [0.25, 0.3) is 0 Å². The maximum absolute atomic E-state index is 12.3. The van der Waals surface area contributed by atoms with Crippen LogP contribution in [0.1, 0.15) is 44.0 Å². The van der Waals surface area contributed by atoms with Crippen molar-refractivity contribution in [3.8, 4) is 0 Å². The Labute approximate surface area is 134 Å². The van der Waals surface area contributed by atoms with E-state index < -0.39 is 0 Å². The molecule has 3 nitrogen and oxygen atoms in total. The molecule has 19 heavy (non-hydrogen) atoms. The lowest BCUT2D eigenvalue weighted by Gasteiger charge is -2.36. The lowest BCUT2D eigenvalue weighted by atomic mass is 10.0. The van der Waals surface area contributed by atoms with Crippen molar-refractivity contribution in [3.05, 3.63) is 19.2 Å². The average Bonchev–Trinajstić information content (AvgIpc) is 2.55. The van der Waals surface area contributed by atoms with E-state index in [9.17, 15) is 4.79 Å². The molecule has 6 heteroatoms.